The molecule has 0 spiro atoms. The third kappa shape index (κ3) is 4.42. The van der Waals surface area contributed by atoms with E-state index in [4.69, 9.17) is 4.74 Å². The first kappa shape index (κ1) is 19.7. The number of aliphatic carboxylic acids is 1. The van der Waals surface area contributed by atoms with Gasteiger partial charge in [0.15, 0.2) is 0 Å². The molecule has 0 radical (unpaired) electrons. The van der Waals surface area contributed by atoms with E-state index in [1.807, 2.05) is 66.7 Å². The molecular weight excluding hydrogens is 354 g/mol. The van der Waals surface area contributed by atoms with Crippen LogP contribution in [-0.4, -0.2) is 28.3 Å². The van der Waals surface area contributed by atoms with Crippen LogP contribution >= 0.6 is 0 Å². The van der Waals surface area contributed by atoms with Crippen LogP contribution < -0.4 is 5.32 Å². The Morgan fingerprint density at radius 2 is 1.54 bits per heavy atom. The molecule has 2 aromatic rings. The maximum atomic E-state index is 12.2. The molecule has 0 heterocycles. The fourth-order valence-electron chi connectivity index (χ4n) is 3.21. The van der Waals surface area contributed by atoms with E-state index < -0.39 is 23.2 Å². The van der Waals surface area contributed by atoms with Crippen molar-refractivity contribution in [1.29, 1.82) is 0 Å². The van der Waals surface area contributed by atoms with E-state index >= 15 is 0 Å². The minimum atomic E-state index is -1.34. The zero-order valence-corrected chi connectivity index (χ0v) is 16.3. The number of amides is 1. The highest BCUT2D eigenvalue weighted by Crippen LogP contribution is 2.47. The van der Waals surface area contributed by atoms with Crippen molar-refractivity contribution in [3.8, 4) is 0 Å². The van der Waals surface area contributed by atoms with Crippen molar-refractivity contribution < 1.29 is 19.4 Å². The van der Waals surface area contributed by atoms with Crippen LogP contribution in [0.4, 0.5) is 4.79 Å². The van der Waals surface area contributed by atoms with Gasteiger partial charge in [0.05, 0.1) is 0 Å². The predicted molar refractivity (Wildman–Crippen MR) is 108 cm³/mol. The molecule has 1 saturated carbocycles. The Hall–Kier alpha value is -3.08. The number of carboxylic acid groups (broad SMARTS) is 1. The lowest BCUT2D eigenvalue weighted by atomic mass is 9.96. The molecular formula is C23H25NO4. The van der Waals surface area contributed by atoms with Crippen molar-refractivity contribution in [2.75, 3.05) is 0 Å². The maximum Gasteiger partial charge on any atom is 0.408 e. The van der Waals surface area contributed by atoms with E-state index in [-0.39, 0.29) is 5.92 Å². The highest BCUT2D eigenvalue weighted by atomic mass is 16.6. The summed E-state index contributed by atoms with van der Waals surface area (Å²) in [5, 5.41) is 12.4. The molecule has 1 aliphatic carbocycles. The van der Waals surface area contributed by atoms with Gasteiger partial charge in [0.1, 0.15) is 11.1 Å². The van der Waals surface area contributed by atoms with Gasteiger partial charge < -0.3 is 15.2 Å². The fourth-order valence-corrected chi connectivity index (χ4v) is 3.21. The molecule has 0 aromatic heterocycles. The summed E-state index contributed by atoms with van der Waals surface area (Å²) in [5.74, 6) is -1.38. The Morgan fingerprint density at radius 1 is 1.04 bits per heavy atom. The highest BCUT2D eigenvalue weighted by molar-refractivity contribution is 5.90. The van der Waals surface area contributed by atoms with Crippen LogP contribution in [0.1, 0.15) is 38.3 Å². The second kappa shape index (κ2) is 7.50. The third-order valence-electron chi connectivity index (χ3n) is 4.66. The number of hydrogen-bond donors (Lipinski definition) is 2. The molecule has 3 rings (SSSR count). The minimum Gasteiger partial charge on any atom is -0.479 e. The maximum absolute atomic E-state index is 12.2. The smallest absolute Gasteiger partial charge is 0.408 e. The molecule has 0 aliphatic heterocycles. The monoisotopic (exact) mass is 379 g/mol. The molecule has 2 aromatic carbocycles. The summed E-state index contributed by atoms with van der Waals surface area (Å²) < 4.78 is 5.25. The van der Waals surface area contributed by atoms with Crippen molar-refractivity contribution in [3.05, 3.63) is 77.9 Å². The Kier molecular flexibility index (Phi) is 5.27. The Morgan fingerprint density at radius 3 is 1.96 bits per heavy atom. The van der Waals surface area contributed by atoms with Gasteiger partial charge in [-0.1, -0.05) is 66.7 Å². The van der Waals surface area contributed by atoms with E-state index in [9.17, 15) is 14.7 Å². The first-order valence-electron chi connectivity index (χ1n) is 9.28. The standard InChI is InChI=1S/C23H25NO4/c1-22(2,3)28-21(27)24-23(20(25)26)15-18(23)14-19(16-10-6-4-7-11-16)17-12-8-5-9-13-17/h4-14,18H,15H2,1-3H3,(H,24,27)(H,25,26). The zero-order valence-electron chi connectivity index (χ0n) is 16.3. The SMILES string of the molecule is CC(C)(C)OC(=O)NC1(C(=O)O)CC1C=C(c1ccccc1)c1ccccc1. The van der Waals surface area contributed by atoms with E-state index in [0.717, 1.165) is 16.7 Å². The highest BCUT2D eigenvalue weighted by Gasteiger charge is 2.61. The summed E-state index contributed by atoms with van der Waals surface area (Å²) in [4.78, 5) is 24.1. The van der Waals surface area contributed by atoms with Gasteiger partial charge in [-0.2, -0.15) is 0 Å². The van der Waals surface area contributed by atoms with Gasteiger partial charge in [0, 0.05) is 5.92 Å². The summed E-state index contributed by atoms with van der Waals surface area (Å²) in [6.45, 7) is 5.23. The minimum absolute atomic E-state index is 0.324. The Bertz CT molecular complexity index is 842. The molecule has 1 aliphatic rings. The van der Waals surface area contributed by atoms with Gasteiger partial charge in [-0.15, -0.1) is 0 Å². The first-order valence-corrected chi connectivity index (χ1v) is 9.28. The van der Waals surface area contributed by atoms with Gasteiger partial charge >= 0.3 is 12.1 Å². The molecule has 2 N–H and O–H groups in total. The number of nitrogens with one attached hydrogen (secondary N) is 1. The molecule has 28 heavy (non-hydrogen) atoms. The van der Waals surface area contributed by atoms with E-state index in [0.29, 0.717) is 6.42 Å². The molecule has 5 nitrogen and oxygen atoms in total. The van der Waals surface area contributed by atoms with Crippen molar-refractivity contribution in [2.24, 2.45) is 5.92 Å². The van der Waals surface area contributed by atoms with Gasteiger partial charge in [0.2, 0.25) is 0 Å². The molecule has 0 bridgehead atoms. The quantitative estimate of drug-likeness (QED) is 0.803. The number of carboxylic acids is 1. The van der Waals surface area contributed by atoms with Crippen LogP contribution in [-0.2, 0) is 9.53 Å². The van der Waals surface area contributed by atoms with Crippen LogP contribution in [0.5, 0.6) is 0 Å². The van der Waals surface area contributed by atoms with Crippen LogP contribution in [0.3, 0.4) is 0 Å². The first-order chi connectivity index (χ1) is 13.2. The molecule has 0 saturated heterocycles. The Labute approximate surface area is 165 Å². The van der Waals surface area contributed by atoms with Gasteiger partial charge in [-0.25, -0.2) is 9.59 Å². The van der Waals surface area contributed by atoms with Gasteiger partial charge in [-0.3, -0.25) is 0 Å². The number of rotatable bonds is 5. The fraction of sp³-hybridized carbons (Fsp3) is 0.304. The van der Waals surface area contributed by atoms with Crippen LogP contribution in [0.25, 0.3) is 5.57 Å². The summed E-state index contributed by atoms with van der Waals surface area (Å²) in [6, 6.07) is 19.6. The van der Waals surface area contributed by atoms with E-state index in [1.54, 1.807) is 20.8 Å². The van der Waals surface area contributed by atoms with Crippen LogP contribution in [0.2, 0.25) is 0 Å². The number of carbonyl (C=O) groups excluding carboxylic acids is 1. The number of ether oxygens (including phenoxy) is 1. The topological polar surface area (TPSA) is 75.6 Å². The lowest BCUT2D eigenvalue weighted by Crippen LogP contribution is -2.46. The number of carbonyl (C=O) groups is 2. The van der Waals surface area contributed by atoms with E-state index in [1.165, 1.54) is 0 Å². The predicted octanol–water partition coefficient (Wildman–Crippen LogP) is 4.49. The number of benzene rings is 2. The molecule has 2 atom stereocenters. The molecule has 146 valence electrons. The summed E-state index contributed by atoms with van der Waals surface area (Å²) in [7, 11) is 0. The molecule has 1 fully saturated rings. The van der Waals surface area contributed by atoms with Gasteiger partial charge in [-0.05, 0) is 43.9 Å². The lowest BCUT2D eigenvalue weighted by molar-refractivity contribution is -0.141. The summed E-state index contributed by atoms with van der Waals surface area (Å²) in [5.41, 5.74) is 0.912. The largest absolute Gasteiger partial charge is 0.479 e. The normalized spacial score (nSPS) is 20.8. The van der Waals surface area contributed by atoms with Crippen molar-refractivity contribution in [2.45, 2.75) is 38.3 Å². The molecule has 5 heteroatoms. The third-order valence-corrected chi connectivity index (χ3v) is 4.66. The van der Waals surface area contributed by atoms with Crippen molar-refractivity contribution in [1.82, 2.24) is 5.32 Å². The number of alkyl carbamates (subject to hydrolysis) is 1. The van der Waals surface area contributed by atoms with Crippen molar-refractivity contribution >= 4 is 17.6 Å². The second-order valence-electron chi connectivity index (χ2n) is 8.03. The molecule has 1 amide bonds. The van der Waals surface area contributed by atoms with Crippen molar-refractivity contribution in [3.63, 3.8) is 0 Å². The van der Waals surface area contributed by atoms with Gasteiger partial charge in [0.25, 0.3) is 0 Å². The Balaban J connectivity index is 1.91. The average molecular weight is 379 g/mol. The zero-order chi connectivity index (χ0) is 20.4. The van der Waals surface area contributed by atoms with Crippen LogP contribution in [0.15, 0.2) is 66.7 Å². The summed E-state index contributed by atoms with van der Waals surface area (Å²) in [6.07, 6.45) is 1.55. The van der Waals surface area contributed by atoms with Crippen LogP contribution in [0, 0.1) is 5.92 Å². The number of hydrogen-bond acceptors (Lipinski definition) is 3. The average Bonchev–Trinajstić information content (AvgIpc) is 3.33. The lowest BCUT2D eigenvalue weighted by Gasteiger charge is -2.22. The second-order valence-corrected chi connectivity index (χ2v) is 8.03. The molecule has 2 unspecified atom stereocenters. The summed E-state index contributed by atoms with van der Waals surface area (Å²) >= 11 is 0. The van der Waals surface area contributed by atoms with E-state index in [2.05, 4.69) is 5.32 Å².